The quantitative estimate of drug-likeness (QED) is 0.859. The molecule has 6 heteroatoms. The van der Waals surface area contributed by atoms with Gasteiger partial charge >= 0.3 is 5.97 Å². The highest BCUT2D eigenvalue weighted by Gasteiger charge is 2.11. The first-order valence-electron chi connectivity index (χ1n) is 5.76. The molecule has 0 aliphatic heterocycles. The number of nitrogens with zero attached hydrogens (tertiary/aromatic N) is 2. The Morgan fingerprint density at radius 3 is 2.89 bits per heavy atom. The van der Waals surface area contributed by atoms with Gasteiger partial charge in [-0.1, -0.05) is 17.8 Å². The Morgan fingerprint density at radius 1 is 1.42 bits per heavy atom. The summed E-state index contributed by atoms with van der Waals surface area (Å²) in [5, 5.41) is 8.80. The molecule has 0 unspecified atom stereocenters. The van der Waals surface area contributed by atoms with Crippen LogP contribution in [-0.2, 0) is 17.0 Å². The SMILES string of the molecule is Cc1cncc(CSc2nc(C)c(CC(=O)O)s2)c1. The predicted molar refractivity (Wildman–Crippen MR) is 76.7 cm³/mol. The van der Waals surface area contributed by atoms with Crippen LogP contribution in [0.25, 0.3) is 0 Å². The van der Waals surface area contributed by atoms with Gasteiger partial charge in [0, 0.05) is 23.0 Å². The van der Waals surface area contributed by atoms with E-state index in [2.05, 4.69) is 16.0 Å². The number of hydrogen-bond donors (Lipinski definition) is 1. The second-order valence-corrected chi connectivity index (χ2v) is 6.52. The molecule has 4 nitrogen and oxygen atoms in total. The van der Waals surface area contributed by atoms with Crippen LogP contribution in [-0.4, -0.2) is 21.0 Å². The van der Waals surface area contributed by atoms with E-state index in [4.69, 9.17) is 5.11 Å². The molecule has 0 aliphatic rings. The van der Waals surface area contributed by atoms with E-state index < -0.39 is 5.97 Å². The van der Waals surface area contributed by atoms with Crippen molar-refractivity contribution in [3.05, 3.63) is 40.2 Å². The zero-order valence-electron chi connectivity index (χ0n) is 10.7. The zero-order valence-corrected chi connectivity index (χ0v) is 12.3. The van der Waals surface area contributed by atoms with Crippen LogP contribution in [0, 0.1) is 13.8 Å². The van der Waals surface area contributed by atoms with Gasteiger partial charge in [-0.25, -0.2) is 4.98 Å². The van der Waals surface area contributed by atoms with Gasteiger partial charge in [0.2, 0.25) is 0 Å². The highest BCUT2D eigenvalue weighted by Crippen LogP contribution is 2.29. The van der Waals surface area contributed by atoms with E-state index in [1.807, 2.05) is 26.2 Å². The van der Waals surface area contributed by atoms with Gasteiger partial charge in [-0.15, -0.1) is 11.3 Å². The van der Waals surface area contributed by atoms with E-state index >= 15 is 0 Å². The van der Waals surface area contributed by atoms with Crippen LogP contribution < -0.4 is 0 Å². The standard InChI is InChI=1S/C13H14N2O2S2/c1-8-3-10(6-14-5-8)7-18-13-15-9(2)11(19-13)4-12(16)17/h3,5-6H,4,7H2,1-2H3,(H,16,17). The number of aliphatic carboxylic acids is 1. The third-order valence-corrected chi connectivity index (χ3v) is 4.85. The van der Waals surface area contributed by atoms with Crippen molar-refractivity contribution in [1.29, 1.82) is 0 Å². The summed E-state index contributed by atoms with van der Waals surface area (Å²) < 4.78 is 0.912. The molecule has 2 aromatic heterocycles. The Balaban J connectivity index is 2.02. The third-order valence-electron chi connectivity index (χ3n) is 2.48. The Hall–Kier alpha value is -1.40. The molecule has 0 saturated heterocycles. The van der Waals surface area contributed by atoms with Crippen molar-refractivity contribution in [1.82, 2.24) is 9.97 Å². The number of carboxylic acids is 1. The molecule has 0 aliphatic carbocycles. The van der Waals surface area contributed by atoms with Crippen molar-refractivity contribution in [2.45, 2.75) is 30.4 Å². The average molecular weight is 294 g/mol. The second kappa shape index (κ2) is 6.16. The van der Waals surface area contributed by atoms with Crippen LogP contribution in [0.1, 0.15) is 21.7 Å². The Morgan fingerprint density at radius 2 is 2.21 bits per heavy atom. The van der Waals surface area contributed by atoms with E-state index in [0.29, 0.717) is 0 Å². The molecule has 0 bridgehead atoms. The van der Waals surface area contributed by atoms with Crippen molar-refractivity contribution < 1.29 is 9.90 Å². The number of thioether (sulfide) groups is 1. The van der Waals surface area contributed by atoms with Gasteiger partial charge in [-0.05, 0) is 25.0 Å². The number of carbonyl (C=O) groups is 1. The summed E-state index contributed by atoms with van der Waals surface area (Å²) >= 11 is 3.08. The lowest BCUT2D eigenvalue weighted by Gasteiger charge is -1.99. The number of carboxylic acid groups (broad SMARTS) is 1. The lowest BCUT2D eigenvalue weighted by molar-refractivity contribution is -0.136. The van der Waals surface area contributed by atoms with E-state index in [9.17, 15) is 4.79 Å². The molecule has 0 radical (unpaired) electrons. The molecule has 2 rings (SSSR count). The molecule has 0 fully saturated rings. The van der Waals surface area contributed by atoms with Crippen LogP contribution in [0.3, 0.4) is 0 Å². The monoisotopic (exact) mass is 294 g/mol. The lowest BCUT2D eigenvalue weighted by Crippen LogP contribution is -1.99. The van der Waals surface area contributed by atoms with Crippen LogP contribution in [0.2, 0.25) is 0 Å². The summed E-state index contributed by atoms with van der Waals surface area (Å²) in [6.07, 6.45) is 3.72. The van der Waals surface area contributed by atoms with E-state index in [1.165, 1.54) is 11.3 Å². The van der Waals surface area contributed by atoms with E-state index in [-0.39, 0.29) is 6.42 Å². The number of aryl methyl sites for hydroxylation is 2. The molecular weight excluding hydrogens is 280 g/mol. The van der Waals surface area contributed by atoms with Crippen LogP contribution >= 0.6 is 23.1 Å². The second-order valence-electron chi connectivity index (χ2n) is 4.22. The molecule has 2 heterocycles. The first-order chi connectivity index (χ1) is 9.04. The van der Waals surface area contributed by atoms with E-state index in [1.54, 1.807) is 11.8 Å². The number of pyridine rings is 1. The summed E-state index contributed by atoms with van der Waals surface area (Å²) in [5.41, 5.74) is 3.11. The lowest BCUT2D eigenvalue weighted by atomic mass is 10.2. The van der Waals surface area contributed by atoms with Gasteiger partial charge in [-0.2, -0.15) is 0 Å². The van der Waals surface area contributed by atoms with Crippen molar-refractivity contribution in [3.8, 4) is 0 Å². The first kappa shape index (κ1) is 14.0. The van der Waals surface area contributed by atoms with Crippen molar-refractivity contribution >= 4 is 29.1 Å². The van der Waals surface area contributed by atoms with Gasteiger partial charge in [0.15, 0.2) is 4.34 Å². The van der Waals surface area contributed by atoms with Crippen LogP contribution in [0.5, 0.6) is 0 Å². The molecule has 1 N–H and O–H groups in total. The zero-order chi connectivity index (χ0) is 13.8. The van der Waals surface area contributed by atoms with Gasteiger partial charge in [0.25, 0.3) is 0 Å². The Labute approximate surface area is 119 Å². The molecule has 0 atom stereocenters. The molecule has 0 aromatic carbocycles. The third kappa shape index (κ3) is 4.04. The molecule has 2 aromatic rings. The molecule has 0 amide bonds. The van der Waals surface area contributed by atoms with E-state index in [0.717, 1.165) is 31.8 Å². The Kier molecular flexibility index (Phi) is 4.55. The normalized spacial score (nSPS) is 10.6. The minimum absolute atomic E-state index is 0.0516. The molecule has 0 saturated carbocycles. The summed E-state index contributed by atoms with van der Waals surface area (Å²) in [4.78, 5) is 20.1. The van der Waals surface area contributed by atoms with Crippen LogP contribution in [0.4, 0.5) is 0 Å². The summed E-state index contributed by atoms with van der Waals surface area (Å²) in [6, 6.07) is 2.10. The van der Waals surface area contributed by atoms with Gasteiger partial charge in [0.05, 0.1) is 12.1 Å². The fourth-order valence-corrected chi connectivity index (χ4v) is 3.75. The molecule has 19 heavy (non-hydrogen) atoms. The molecule has 0 spiro atoms. The average Bonchev–Trinajstić information content (AvgIpc) is 2.67. The number of thiazole rings is 1. The number of aromatic nitrogens is 2. The molecule has 100 valence electrons. The fourth-order valence-electron chi connectivity index (χ4n) is 1.61. The molecular formula is C13H14N2O2S2. The summed E-state index contributed by atoms with van der Waals surface area (Å²) in [5.74, 6) is -0.0140. The largest absolute Gasteiger partial charge is 0.481 e. The maximum Gasteiger partial charge on any atom is 0.308 e. The minimum Gasteiger partial charge on any atom is -0.481 e. The summed E-state index contributed by atoms with van der Waals surface area (Å²) in [7, 11) is 0. The van der Waals surface area contributed by atoms with Crippen LogP contribution in [0.15, 0.2) is 22.8 Å². The van der Waals surface area contributed by atoms with Gasteiger partial charge < -0.3 is 5.11 Å². The summed E-state index contributed by atoms with van der Waals surface area (Å²) in [6.45, 7) is 3.87. The minimum atomic E-state index is -0.814. The number of hydrogen-bond acceptors (Lipinski definition) is 5. The van der Waals surface area contributed by atoms with Crippen molar-refractivity contribution in [2.75, 3.05) is 0 Å². The fraction of sp³-hybridized carbons (Fsp3) is 0.308. The number of rotatable bonds is 5. The predicted octanol–water partition coefficient (Wildman–Crippen LogP) is 3.07. The maximum absolute atomic E-state index is 10.7. The topological polar surface area (TPSA) is 63.1 Å². The van der Waals surface area contributed by atoms with Gasteiger partial charge in [0.1, 0.15) is 0 Å². The first-order valence-corrected chi connectivity index (χ1v) is 7.56. The Bertz CT molecular complexity index is 596. The highest BCUT2D eigenvalue weighted by molar-refractivity contribution is 8.00. The van der Waals surface area contributed by atoms with Crippen molar-refractivity contribution in [3.63, 3.8) is 0 Å². The maximum atomic E-state index is 10.7. The van der Waals surface area contributed by atoms with Gasteiger partial charge in [-0.3, -0.25) is 9.78 Å². The highest BCUT2D eigenvalue weighted by atomic mass is 32.2. The van der Waals surface area contributed by atoms with Crippen molar-refractivity contribution in [2.24, 2.45) is 0 Å². The smallest absolute Gasteiger partial charge is 0.308 e.